The van der Waals surface area contributed by atoms with Crippen LogP contribution in [-0.4, -0.2) is 23.6 Å². The number of ether oxygens (including phenoxy) is 1. The van der Waals surface area contributed by atoms with E-state index < -0.39 is 6.10 Å². The lowest BCUT2D eigenvalue weighted by atomic mass is 10.1. The van der Waals surface area contributed by atoms with Crippen molar-refractivity contribution >= 4 is 5.78 Å². The van der Waals surface area contributed by atoms with Gasteiger partial charge in [-0.3, -0.25) is 4.79 Å². The molecule has 0 bridgehead atoms. The van der Waals surface area contributed by atoms with E-state index >= 15 is 0 Å². The highest BCUT2D eigenvalue weighted by Gasteiger charge is 2.29. The number of carbonyl (C=O) groups is 1. The predicted octanol–water partition coefficient (Wildman–Crippen LogP) is 2.32. The van der Waals surface area contributed by atoms with Gasteiger partial charge in [0.2, 0.25) is 0 Å². The first-order chi connectivity index (χ1) is 8.75. The zero-order valence-corrected chi connectivity index (χ0v) is 10.5. The Morgan fingerprint density at radius 2 is 2.06 bits per heavy atom. The van der Waals surface area contributed by atoms with Gasteiger partial charge in [-0.15, -0.1) is 0 Å². The molecule has 1 unspecified atom stereocenters. The maximum atomic E-state index is 11.5. The lowest BCUT2D eigenvalue weighted by molar-refractivity contribution is -0.121. The minimum Gasteiger partial charge on any atom is -0.391 e. The summed E-state index contributed by atoms with van der Waals surface area (Å²) in [5.41, 5.74) is 1.10. The second kappa shape index (κ2) is 6.66. The topological polar surface area (TPSA) is 46.5 Å². The summed E-state index contributed by atoms with van der Waals surface area (Å²) in [7, 11) is 0. The van der Waals surface area contributed by atoms with Crippen molar-refractivity contribution in [1.29, 1.82) is 0 Å². The third-order valence-electron chi connectivity index (χ3n) is 3.18. The number of Topliss-reactive ketones (excluding diaryl/α,β-unsaturated/α-hetero) is 1. The molecular formula is C15H20O3. The molecule has 0 amide bonds. The van der Waals surface area contributed by atoms with Crippen LogP contribution >= 0.6 is 0 Å². The molecule has 0 aromatic heterocycles. The zero-order valence-electron chi connectivity index (χ0n) is 10.5. The molecule has 1 fully saturated rings. The van der Waals surface area contributed by atoms with Gasteiger partial charge in [0.05, 0.1) is 19.3 Å². The Bertz CT molecular complexity index is 371. The van der Waals surface area contributed by atoms with Crippen LogP contribution in [-0.2, 0) is 16.1 Å². The Balaban J connectivity index is 1.57. The summed E-state index contributed by atoms with van der Waals surface area (Å²) in [6, 6.07) is 9.86. The molecule has 0 spiro atoms. The van der Waals surface area contributed by atoms with Gasteiger partial charge in [-0.05, 0) is 24.8 Å². The van der Waals surface area contributed by atoms with E-state index in [-0.39, 0.29) is 0 Å². The molecule has 1 aliphatic carbocycles. The summed E-state index contributed by atoms with van der Waals surface area (Å²) in [6.07, 6.45) is 2.56. The van der Waals surface area contributed by atoms with Crippen molar-refractivity contribution in [3.05, 3.63) is 35.9 Å². The molecule has 1 N–H and O–H groups in total. The summed E-state index contributed by atoms with van der Waals surface area (Å²) in [5, 5.41) is 9.70. The molecule has 1 aliphatic rings. The van der Waals surface area contributed by atoms with E-state index in [2.05, 4.69) is 0 Å². The molecule has 18 heavy (non-hydrogen) atoms. The fraction of sp³-hybridized carbons (Fsp3) is 0.533. The number of hydrogen-bond donors (Lipinski definition) is 1. The Kier molecular flexibility index (Phi) is 4.90. The van der Waals surface area contributed by atoms with Gasteiger partial charge in [-0.25, -0.2) is 0 Å². The van der Waals surface area contributed by atoms with Gasteiger partial charge in [-0.2, -0.15) is 0 Å². The van der Waals surface area contributed by atoms with Crippen LogP contribution < -0.4 is 0 Å². The van der Waals surface area contributed by atoms with E-state index in [1.54, 1.807) is 0 Å². The van der Waals surface area contributed by atoms with Crippen LogP contribution in [0.1, 0.15) is 31.2 Å². The first kappa shape index (κ1) is 13.2. The molecule has 0 saturated heterocycles. The van der Waals surface area contributed by atoms with Crippen LogP contribution in [0.4, 0.5) is 0 Å². The highest BCUT2D eigenvalue weighted by Crippen LogP contribution is 2.31. The molecule has 1 aromatic carbocycles. The summed E-state index contributed by atoms with van der Waals surface area (Å²) in [4.78, 5) is 11.5. The van der Waals surface area contributed by atoms with Crippen molar-refractivity contribution in [3.8, 4) is 0 Å². The van der Waals surface area contributed by atoms with Crippen molar-refractivity contribution in [2.75, 3.05) is 6.61 Å². The second-order valence-electron chi connectivity index (χ2n) is 4.93. The van der Waals surface area contributed by atoms with Crippen molar-refractivity contribution in [3.63, 3.8) is 0 Å². The molecule has 0 aliphatic heterocycles. The van der Waals surface area contributed by atoms with Crippen LogP contribution in [0.3, 0.4) is 0 Å². The third kappa shape index (κ3) is 4.59. The quantitative estimate of drug-likeness (QED) is 0.768. The number of hydrogen-bond acceptors (Lipinski definition) is 3. The summed E-state index contributed by atoms with van der Waals surface area (Å²) >= 11 is 0. The molecule has 0 heterocycles. The Morgan fingerprint density at radius 3 is 2.72 bits per heavy atom. The lowest BCUT2D eigenvalue weighted by Gasteiger charge is -2.10. The average molecular weight is 248 g/mol. The Labute approximate surface area is 108 Å². The third-order valence-corrected chi connectivity index (χ3v) is 3.18. The van der Waals surface area contributed by atoms with Crippen LogP contribution in [0.5, 0.6) is 0 Å². The van der Waals surface area contributed by atoms with Crippen LogP contribution in [0.2, 0.25) is 0 Å². The van der Waals surface area contributed by atoms with Gasteiger partial charge in [0.1, 0.15) is 5.78 Å². The molecule has 3 nitrogen and oxygen atoms in total. The standard InChI is InChI=1S/C15H20O3/c16-14(8-9-15(17)13-6-7-13)11-18-10-12-4-2-1-3-5-12/h1-5,13-14,16H,6-11H2. The first-order valence-electron chi connectivity index (χ1n) is 6.58. The van der Waals surface area contributed by atoms with Gasteiger partial charge in [0.25, 0.3) is 0 Å². The minimum absolute atomic E-state index is 0.294. The minimum atomic E-state index is -0.531. The van der Waals surface area contributed by atoms with Gasteiger partial charge in [-0.1, -0.05) is 30.3 Å². The van der Waals surface area contributed by atoms with E-state index in [0.29, 0.717) is 37.8 Å². The maximum absolute atomic E-state index is 11.5. The number of aliphatic hydroxyl groups is 1. The largest absolute Gasteiger partial charge is 0.391 e. The number of rotatable bonds is 8. The average Bonchev–Trinajstić information content (AvgIpc) is 3.21. The van der Waals surface area contributed by atoms with Crippen molar-refractivity contribution in [2.24, 2.45) is 5.92 Å². The summed E-state index contributed by atoms with van der Waals surface area (Å²) in [6.45, 7) is 0.807. The maximum Gasteiger partial charge on any atom is 0.136 e. The van der Waals surface area contributed by atoms with Crippen molar-refractivity contribution in [2.45, 2.75) is 38.4 Å². The molecule has 0 radical (unpaired) electrons. The highest BCUT2D eigenvalue weighted by molar-refractivity contribution is 5.83. The zero-order chi connectivity index (χ0) is 12.8. The predicted molar refractivity (Wildman–Crippen MR) is 69.1 cm³/mol. The lowest BCUT2D eigenvalue weighted by Crippen LogP contribution is -2.17. The normalized spacial score (nSPS) is 16.5. The van der Waals surface area contributed by atoms with E-state index in [1.807, 2.05) is 30.3 Å². The number of ketones is 1. The van der Waals surface area contributed by atoms with Gasteiger partial charge in [0, 0.05) is 12.3 Å². The molecule has 98 valence electrons. The van der Waals surface area contributed by atoms with E-state index in [0.717, 1.165) is 18.4 Å². The molecular weight excluding hydrogens is 228 g/mol. The number of carbonyl (C=O) groups excluding carboxylic acids is 1. The van der Waals surface area contributed by atoms with E-state index in [1.165, 1.54) is 0 Å². The van der Waals surface area contributed by atoms with Crippen molar-refractivity contribution in [1.82, 2.24) is 0 Å². The molecule has 2 rings (SSSR count). The molecule has 1 atom stereocenters. The SMILES string of the molecule is O=C(CCC(O)COCc1ccccc1)C1CC1. The molecule has 3 heteroatoms. The van der Waals surface area contributed by atoms with Crippen LogP contribution in [0.15, 0.2) is 30.3 Å². The van der Waals surface area contributed by atoms with Gasteiger partial charge < -0.3 is 9.84 Å². The van der Waals surface area contributed by atoms with E-state index in [4.69, 9.17) is 4.74 Å². The van der Waals surface area contributed by atoms with Crippen LogP contribution in [0, 0.1) is 5.92 Å². The molecule has 1 aromatic rings. The number of benzene rings is 1. The number of aliphatic hydroxyl groups excluding tert-OH is 1. The van der Waals surface area contributed by atoms with Crippen LogP contribution in [0.25, 0.3) is 0 Å². The van der Waals surface area contributed by atoms with Crippen molar-refractivity contribution < 1.29 is 14.6 Å². The fourth-order valence-electron chi connectivity index (χ4n) is 1.89. The summed E-state index contributed by atoms with van der Waals surface area (Å²) < 4.78 is 5.43. The van der Waals surface area contributed by atoms with Gasteiger partial charge >= 0.3 is 0 Å². The second-order valence-corrected chi connectivity index (χ2v) is 4.93. The Hall–Kier alpha value is -1.19. The first-order valence-corrected chi connectivity index (χ1v) is 6.58. The highest BCUT2D eigenvalue weighted by atomic mass is 16.5. The van der Waals surface area contributed by atoms with Gasteiger partial charge in [0.15, 0.2) is 0 Å². The smallest absolute Gasteiger partial charge is 0.136 e. The fourth-order valence-corrected chi connectivity index (χ4v) is 1.89. The molecule has 1 saturated carbocycles. The summed E-state index contributed by atoms with van der Waals surface area (Å²) in [5.74, 6) is 0.597. The Morgan fingerprint density at radius 1 is 1.33 bits per heavy atom. The monoisotopic (exact) mass is 248 g/mol. The van der Waals surface area contributed by atoms with E-state index in [9.17, 15) is 9.90 Å².